The van der Waals surface area contributed by atoms with Crippen LogP contribution >= 0.6 is 11.6 Å². The summed E-state index contributed by atoms with van der Waals surface area (Å²) < 4.78 is 17.7. The van der Waals surface area contributed by atoms with Gasteiger partial charge >= 0.3 is 17.9 Å². The van der Waals surface area contributed by atoms with Crippen LogP contribution < -0.4 is 9.88 Å². The van der Waals surface area contributed by atoms with Gasteiger partial charge in [-0.05, 0) is 16.6 Å². The summed E-state index contributed by atoms with van der Waals surface area (Å²) in [4.78, 5) is 45.5. The molecule has 1 aliphatic rings. The number of nitrogens with one attached hydrogen (secondary N) is 2. The van der Waals surface area contributed by atoms with E-state index in [9.17, 15) is 14.4 Å². The van der Waals surface area contributed by atoms with Crippen molar-refractivity contribution < 1.29 is 33.2 Å². The minimum Gasteiger partial charge on any atom is -0.463 e. The summed E-state index contributed by atoms with van der Waals surface area (Å²) in [5, 5.41) is 2.73. The molecule has 0 unspecified atom stereocenters. The van der Waals surface area contributed by atoms with Crippen LogP contribution in [0.25, 0.3) is 11.2 Å². The maximum atomic E-state index is 11.6. The molecular weight excluding hydrogens is 394 g/mol. The predicted octanol–water partition coefficient (Wildman–Crippen LogP) is 0.639. The fraction of sp³-hybridized carbons (Fsp3) is 0.500. The first-order valence-corrected chi connectivity index (χ1v) is 8.81. The van der Waals surface area contributed by atoms with Gasteiger partial charge in [0.2, 0.25) is 11.4 Å². The Kier molecular flexibility index (Phi) is 5.75. The van der Waals surface area contributed by atoms with Crippen molar-refractivity contribution in [3.63, 3.8) is 0 Å². The van der Waals surface area contributed by atoms with E-state index in [1.165, 1.54) is 31.7 Å². The van der Waals surface area contributed by atoms with Crippen LogP contribution in [-0.2, 0) is 28.6 Å². The number of aromatic nitrogens is 4. The topological polar surface area (TPSA) is 136 Å². The Morgan fingerprint density at radius 1 is 1.36 bits per heavy atom. The molecule has 2 aromatic heterocycles. The van der Waals surface area contributed by atoms with Crippen molar-refractivity contribution in [1.29, 1.82) is 0 Å². The van der Waals surface area contributed by atoms with Gasteiger partial charge in [0.05, 0.1) is 12.4 Å². The summed E-state index contributed by atoms with van der Waals surface area (Å²) in [6.07, 6.45) is -0.506. The molecule has 0 radical (unpaired) electrons. The van der Waals surface area contributed by atoms with E-state index in [2.05, 4.69) is 20.3 Å². The number of anilines is 1. The Bertz CT molecular complexity index is 932. The second kappa shape index (κ2) is 8.07. The van der Waals surface area contributed by atoms with Crippen LogP contribution in [0.2, 0.25) is 5.15 Å². The lowest BCUT2D eigenvalue weighted by atomic mass is 10.2. The van der Waals surface area contributed by atoms with Crippen LogP contribution in [-0.4, -0.2) is 51.6 Å². The van der Waals surface area contributed by atoms with Crippen LogP contribution in [0.1, 0.15) is 33.4 Å². The molecule has 0 aromatic carbocycles. The second-order valence-corrected chi connectivity index (χ2v) is 6.57. The maximum Gasteiger partial charge on any atom is 0.404 e. The average Bonchev–Trinajstić information content (AvgIpc) is 3.19. The molecule has 11 nitrogen and oxygen atoms in total. The number of carbonyl (C=O) groups is 3. The Morgan fingerprint density at radius 3 is 2.75 bits per heavy atom. The number of halogens is 1. The van der Waals surface area contributed by atoms with Crippen molar-refractivity contribution in [2.75, 3.05) is 11.9 Å². The highest BCUT2D eigenvalue weighted by Gasteiger charge is 2.44. The first-order chi connectivity index (χ1) is 13.3. The number of hydrogen-bond acceptors (Lipinski definition) is 8. The minimum absolute atomic E-state index is 0.0169. The van der Waals surface area contributed by atoms with Crippen molar-refractivity contribution in [2.45, 2.75) is 45.6 Å². The molecule has 1 fully saturated rings. The van der Waals surface area contributed by atoms with Crippen molar-refractivity contribution in [2.24, 2.45) is 0 Å². The van der Waals surface area contributed by atoms with E-state index in [4.69, 9.17) is 25.8 Å². The fourth-order valence-corrected chi connectivity index (χ4v) is 3.26. The van der Waals surface area contributed by atoms with Gasteiger partial charge in [-0.15, -0.1) is 0 Å². The van der Waals surface area contributed by atoms with Gasteiger partial charge in [-0.3, -0.25) is 14.4 Å². The van der Waals surface area contributed by atoms with E-state index in [-0.39, 0.29) is 30.0 Å². The standard InChI is InChI=1S/C16H18ClN5O6/c1-7(23)20-16-21-14-12(18-6-19-14)13(17)22(16)15-11(27-9(3)25)4-10(28-15)5-26-8(2)24/h6,10-11,15H,4-5H2,1-3H3,(H,18,19,20,21,23)/p+1/t10-,11+,15+/m0/s1. The van der Waals surface area contributed by atoms with E-state index < -0.39 is 30.4 Å². The molecule has 2 N–H and O–H groups in total. The van der Waals surface area contributed by atoms with E-state index in [0.717, 1.165) is 0 Å². The molecule has 3 heterocycles. The number of imidazole rings is 1. The second-order valence-electron chi connectivity index (χ2n) is 6.21. The molecule has 150 valence electrons. The quantitative estimate of drug-likeness (QED) is 0.414. The van der Waals surface area contributed by atoms with Crippen LogP contribution in [0.15, 0.2) is 6.33 Å². The molecule has 0 bridgehead atoms. The molecule has 1 saturated heterocycles. The van der Waals surface area contributed by atoms with Crippen LogP contribution in [0.4, 0.5) is 5.95 Å². The molecule has 0 spiro atoms. The Labute approximate surface area is 164 Å². The van der Waals surface area contributed by atoms with Crippen LogP contribution in [0.3, 0.4) is 0 Å². The number of esters is 2. The zero-order valence-electron chi connectivity index (χ0n) is 15.4. The third-order valence-electron chi connectivity index (χ3n) is 3.95. The van der Waals surface area contributed by atoms with E-state index >= 15 is 0 Å². The molecule has 0 saturated carbocycles. The van der Waals surface area contributed by atoms with Gasteiger partial charge in [0.1, 0.15) is 6.61 Å². The van der Waals surface area contributed by atoms with E-state index in [1.54, 1.807) is 0 Å². The summed E-state index contributed by atoms with van der Waals surface area (Å²) >= 11 is 6.52. The van der Waals surface area contributed by atoms with Crippen molar-refractivity contribution in [3.05, 3.63) is 11.5 Å². The third kappa shape index (κ3) is 4.20. The zero-order valence-corrected chi connectivity index (χ0v) is 16.1. The predicted molar refractivity (Wildman–Crippen MR) is 94.1 cm³/mol. The van der Waals surface area contributed by atoms with Gasteiger partial charge in [0.15, 0.2) is 11.6 Å². The van der Waals surface area contributed by atoms with Crippen molar-refractivity contribution in [3.8, 4) is 0 Å². The lowest BCUT2D eigenvalue weighted by Crippen LogP contribution is -2.49. The number of amides is 1. The molecular formula is C16H19ClN5O6+. The molecule has 1 aliphatic heterocycles. The number of fused-ring (bicyclic) bond motifs is 1. The molecule has 0 aliphatic carbocycles. The third-order valence-corrected chi connectivity index (χ3v) is 4.33. The van der Waals surface area contributed by atoms with Crippen LogP contribution in [0.5, 0.6) is 0 Å². The van der Waals surface area contributed by atoms with Gasteiger partial charge in [0.25, 0.3) is 11.6 Å². The van der Waals surface area contributed by atoms with Crippen molar-refractivity contribution in [1.82, 2.24) is 15.0 Å². The SMILES string of the molecule is CC(=O)Nc1nc2nc[nH]c2c(Cl)[n+]1[C@@H]1O[C@H](COC(C)=O)C[C@H]1OC(C)=O. The fourth-order valence-electron chi connectivity index (χ4n) is 2.95. The Morgan fingerprint density at radius 2 is 2.11 bits per heavy atom. The summed E-state index contributed by atoms with van der Waals surface area (Å²) in [7, 11) is 0. The number of aromatic amines is 1. The number of rotatable bonds is 5. The maximum absolute atomic E-state index is 11.6. The summed E-state index contributed by atoms with van der Waals surface area (Å²) in [6, 6.07) is 0. The summed E-state index contributed by atoms with van der Waals surface area (Å²) in [5.41, 5.74) is 0.716. The number of nitrogens with zero attached hydrogens (tertiary/aromatic N) is 3. The van der Waals surface area contributed by atoms with Gasteiger partial charge in [-0.25, -0.2) is 10.3 Å². The zero-order chi connectivity index (χ0) is 20.4. The Balaban J connectivity index is 2.03. The van der Waals surface area contributed by atoms with Gasteiger partial charge in [-0.1, -0.05) is 0 Å². The normalized spacial score (nSPS) is 21.5. The smallest absolute Gasteiger partial charge is 0.404 e. The van der Waals surface area contributed by atoms with Gasteiger partial charge in [-0.2, -0.15) is 4.57 Å². The number of carbonyl (C=O) groups excluding carboxylic acids is 3. The highest BCUT2D eigenvalue weighted by molar-refractivity contribution is 6.32. The molecule has 1 amide bonds. The monoisotopic (exact) mass is 412 g/mol. The lowest BCUT2D eigenvalue weighted by molar-refractivity contribution is -0.752. The summed E-state index contributed by atoms with van der Waals surface area (Å²) in [5.74, 6) is -1.28. The summed E-state index contributed by atoms with van der Waals surface area (Å²) in [6.45, 7) is 3.86. The average molecular weight is 413 g/mol. The highest BCUT2D eigenvalue weighted by atomic mass is 35.5. The number of H-pyrrole nitrogens is 1. The number of hydrogen-bond donors (Lipinski definition) is 2. The van der Waals surface area contributed by atoms with E-state index in [1.807, 2.05) is 0 Å². The Hall–Kier alpha value is -2.79. The largest absolute Gasteiger partial charge is 0.463 e. The van der Waals surface area contributed by atoms with Gasteiger partial charge < -0.3 is 19.2 Å². The lowest BCUT2D eigenvalue weighted by Gasteiger charge is -2.20. The molecule has 3 rings (SSSR count). The first-order valence-electron chi connectivity index (χ1n) is 8.44. The molecule has 28 heavy (non-hydrogen) atoms. The molecule has 12 heteroatoms. The van der Waals surface area contributed by atoms with Gasteiger partial charge in [0, 0.05) is 27.2 Å². The molecule has 2 aromatic rings. The highest BCUT2D eigenvalue weighted by Crippen LogP contribution is 2.31. The van der Waals surface area contributed by atoms with Crippen molar-refractivity contribution >= 4 is 46.6 Å². The van der Waals surface area contributed by atoms with Crippen LogP contribution in [0, 0.1) is 0 Å². The molecule has 3 atom stereocenters. The van der Waals surface area contributed by atoms with E-state index in [0.29, 0.717) is 11.2 Å². The minimum atomic E-state index is -0.904. The number of ether oxygens (including phenoxy) is 3. The first kappa shape index (κ1) is 20.0.